The molecule has 0 saturated heterocycles. The van der Waals surface area contributed by atoms with Crippen LogP contribution in [0.15, 0.2) is 12.4 Å². The number of amides is 1. The van der Waals surface area contributed by atoms with Gasteiger partial charge in [-0.3, -0.25) is 9.78 Å². The summed E-state index contributed by atoms with van der Waals surface area (Å²) in [5, 5.41) is 2.97. The molecular formula is C12H16ClN3O2. The fourth-order valence-corrected chi connectivity index (χ4v) is 1.60. The molecule has 1 heterocycles. The summed E-state index contributed by atoms with van der Waals surface area (Å²) in [5.41, 5.74) is 0.237. The molecule has 0 atom stereocenters. The molecule has 6 heteroatoms. The van der Waals surface area contributed by atoms with Crippen LogP contribution in [-0.2, 0) is 4.74 Å². The number of rotatable bonds is 7. The van der Waals surface area contributed by atoms with E-state index < -0.39 is 0 Å². The number of ether oxygens (including phenoxy) is 1. The van der Waals surface area contributed by atoms with Gasteiger partial charge in [-0.2, -0.15) is 0 Å². The zero-order valence-corrected chi connectivity index (χ0v) is 10.8. The predicted molar refractivity (Wildman–Crippen MR) is 67.5 cm³/mol. The van der Waals surface area contributed by atoms with Gasteiger partial charge in [0.25, 0.3) is 5.91 Å². The number of nitrogens with one attached hydrogen (secondary N) is 1. The van der Waals surface area contributed by atoms with Crippen molar-refractivity contribution in [1.82, 2.24) is 15.3 Å². The number of carbonyl (C=O) groups is 1. The molecule has 1 fully saturated rings. The van der Waals surface area contributed by atoms with E-state index in [4.69, 9.17) is 16.3 Å². The van der Waals surface area contributed by atoms with Crippen molar-refractivity contribution in [2.24, 2.45) is 5.92 Å². The van der Waals surface area contributed by atoms with Gasteiger partial charge in [-0.15, -0.1) is 0 Å². The van der Waals surface area contributed by atoms with Crippen molar-refractivity contribution in [2.75, 3.05) is 19.8 Å². The van der Waals surface area contributed by atoms with Crippen molar-refractivity contribution >= 4 is 17.5 Å². The lowest BCUT2D eigenvalue weighted by molar-refractivity contribution is 0.0932. The van der Waals surface area contributed by atoms with Crippen LogP contribution in [0, 0.1) is 5.92 Å². The van der Waals surface area contributed by atoms with E-state index in [1.807, 2.05) is 0 Å². The molecule has 1 aromatic rings. The Balaban J connectivity index is 1.59. The van der Waals surface area contributed by atoms with E-state index >= 15 is 0 Å². The van der Waals surface area contributed by atoms with Gasteiger partial charge in [-0.1, -0.05) is 11.6 Å². The van der Waals surface area contributed by atoms with E-state index in [9.17, 15) is 4.79 Å². The molecule has 5 nitrogen and oxygen atoms in total. The van der Waals surface area contributed by atoms with E-state index in [-0.39, 0.29) is 16.8 Å². The number of hydrogen-bond donors (Lipinski definition) is 1. The molecule has 98 valence electrons. The van der Waals surface area contributed by atoms with Gasteiger partial charge in [0.05, 0.1) is 12.4 Å². The highest BCUT2D eigenvalue weighted by Crippen LogP contribution is 2.28. The predicted octanol–water partition coefficient (Wildman–Crippen LogP) is 1.68. The van der Waals surface area contributed by atoms with Gasteiger partial charge in [0.1, 0.15) is 10.8 Å². The average molecular weight is 270 g/mol. The molecule has 1 N–H and O–H groups in total. The maximum atomic E-state index is 11.6. The highest BCUT2D eigenvalue weighted by atomic mass is 35.5. The summed E-state index contributed by atoms with van der Waals surface area (Å²) >= 11 is 5.65. The third kappa shape index (κ3) is 4.58. The molecule has 0 aliphatic heterocycles. The molecule has 2 rings (SSSR count). The van der Waals surface area contributed by atoms with E-state index in [1.165, 1.54) is 25.2 Å². The number of hydrogen-bond acceptors (Lipinski definition) is 4. The van der Waals surface area contributed by atoms with Gasteiger partial charge >= 0.3 is 0 Å². The maximum absolute atomic E-state index is 11.6. The van der Waals surface area contributed by atoms with Gasteiger partial charge in [-0.05, 0) is 25.2 Å². The first-order chi connectivity index (χ1) is 8.75. The molecule has 0 unspecified atom stereocenters. The SMILES string of the molecule is O=C(NCCCOCC1CC1)c1cncc(Cl)n1. The van der Waals surface area contributed by atoms with Gasteiger partial charge in [0.2, 0.25) is 0 Å². The number of aromatic nitrogens is 2. The standard InChI is InChI=1S/C12H16ClN3O2/c13-11-7-14-6-10(16-11)12(17)15-4-1-5-18-8-9-2-3-9/h6-7,9H,1-5,8H2,(H,15,17). The molecule has 1 saturated carbocycles. The number of halogens is 1. The summed E-state index contributed by atoms with van der Waals surface area (Å²) in [6.45, 7) is 2.10. The Labute approximate surface area is 111 Å². The third-order valence-corrected chi connectivity index (χ3v) is 2.82. The van der Waals surface area contributed by atoms with Crippen molar-refractivity contribution < 1.29 is 9.53 Å². The minimum absolute atomic E-state index is 0.218. The third-order valence-electron chi connectivity index (χ3n) is 2.64. The van der Waals surface area contributed by atoms with Crippen molar-refractivity contribution in [3.05, 3.63) is 23.2 Å². The van der Waals surface area contributed by atoms with Crippen LogP contribution in [0.1, 0.15) is 29.8 Å². The molecule has 1 amide bonds. The van der Waals surface area contributed by atoms with E-state index in [0.29, 0.717) is 13.2 Å². The fourth-order valence-electron chi connectivity index (χ4n) is 1.45. The topological polar surface area (TPSA) is 64.1 Å². The molecule has 0 spiro atoms. The fraction of sp³-hybridized carbons (Fsp3) is 0.583. The Bertz CT molecular complexity index is 410. The zero-order chi connectivity index (χ0) is 12.8. The first kappa shape index (κ1) is 13.2. The maximum Gasteiger partial charge on any atom is 0.271 e. The van der Waals surface area contributed by atoms with E-state index in [0.717, 1.165) is 18.9 Å². The monoisotopic (exact) mass is 269 g/mol. The Morgan fingerprint density at radius 2 is 2.33 bits per heavy atom. The average Bonchev–Trinajstić information content (AvgIpc) is 3.17. The first-order valence-corrected chi connectivity index (χ1v) is 6.47. The molecule has 1 aliphatic rings. The summed E-state index contributed by atoms with van der Waals surface area (Å²) < 4.78 is 5.46. The van der Waals surface area contributed by atoms with Crippen molar-refractivity contribution in [3.63, 3.8) is 0 Å². The summed E-state index contributed by atoms with van der Waals surface area (Å²) in [4.78, 5) is 19.3. The summed E-state index contributed by atoms with van der Waals surface area (Å²) in [6, 6.07) is 0. The second-order valence-electron chi connectivity index (χ2n) is 4.35. The normalized spacial score (nSPS) is 14.5. The van der Waals surface area contributed by atoms with Gasteiger partial charge in [0, 0.05) is 19.8 Å². The van der Waals surface area contributed by atoms with Gasteiger partial charge in [-0.25, -0.2) is 4.98 Å². The Hall–Kier alpha value is -1.20. The molecule has 0 aromatic carbocycles. The summed E-state index contributed by atoms with van der Waals surface area (Å²) in [7, 11) is 0. The summed E-state index contributed by atoms with van der Waals surface area (Å²) in [5.74, 6) is 0.522. The smallest absolute Gasteiger partial charge is 0.271 e. The molecule has 1 aromatic heterocycles. The summed E-state index contributed by atoms with van der Waals surface area (Å²) in [6.07, 6.45) is 6.18. The highest BCUT2D eigenvalue weighted by Gasteiger charge is 2.20. The second-order valence-corrected chi connectivity index (χ2v) is 4.74. The molecule has 18 heavy (non-hydrogen) atoms. The van der Waals surface area contributed by atoms with Crippen LogP contribution in [0.3, 0.4) is 0 Å². The Morgan fingerprint density at radius 1 is 1.50 bits per heavy atom. The van der Waals surface area contributed by atoms with Crippen LogP contribution >= 0.6 is 11.6 Å². The van der Waals surface area contributed by atoms with Crippen LogP contribution in [0.5, 0.6) is 0 Å². The van der Waals surface area contributed by atoms with E-state index in [1.54, 1.807) is 0 Å². The van der Waals surface area contributed by atoms with Crippen LogP contribution in [0.25, 0.3) is 0 Å². The second kappa shape index (κ2) is 6.66. The van der Waals surface area contributed by atoms with Crippen molar-refractivity contribution in [1.29, 1.82) is 0 Å². The Kier molecular flexibility index (Phi) is 4.90. The molecule has 0 radical (unpaired) electrons. The largest absolute Gasteiger partial charge is 0.381 e. The number of nitrogens with zero attached hydrogens (tertiary/aromatic N) is 2. The van der Waals surface area contributed by atoms with Gasteiger partial charge in [0.15, 0.2) is 0 Å². The van der Waals surface area contributed by atoms with Crippen LogP contribution in [0.4, 0.5) is 0 Å². The lowest BCUT2D eigenvalue weighted by atomic mass is 10.4. The van der Waals surface area contributed by atoms with Crippen LogP contribution in [0.2, 0.25) is 5.15 Å². The lowest BCUT2D eigenvalue weighted by Crippen LogP contribution is -2.26. The quantitative estimate of drug-likeness (QED) is 0.765. The number of carbonyl (C=O) groups excluding carboxylic acids is 1. The Morgan fingerprint density at radius 3 is 3.06 bits per heavy atom. The van der Waals surface area contributed by atoms with E-state index in [2.05, 4.69) is 15.3 Å². The molecular weight excluding hydrogens is 254 g/mol. The lowest BCUT2D eigenvalue weighted by Gasteiger charge is -2.05. The minimum Gasteiger partial charge on any atom is -0.381 e. The molecule has 0 bridgehead atoms. The van der Waals surface area contributed by atoms with Crippen LogP contribution in [-0.4, -0.2) is 35.6 Å². The van der Waals surface area contributed by atoms with Crippen molar-refractivity contribution in [3.8, 4) is 0 Å². The zero-order valence-electron chi connectivity index (χ0n) is 10.1. The minimum atomic E-state index is -0.257. The van der Waals surface area contributed by atoms with Crippen LogP contribution < -0.4 is 5.32 Å². The highest BCUT2D eigenvalue weighted by molar-refractivity contribution is 6.29. The van der Waals surface area contributed by atoms with Crippen molar-refractivity contribution in [2.45, 2.75) is 19.3 Å². The van der Waals surface area contributed by atoms with Gasteiger partial charge < -0.3 is 10.1 Å². The molecule has 1 aliphatic carbocycles. The first-order valence-electron chi connectivity index (χ1n) is 6.09.